The van der Waals surface area contributed by atoms with Crippen molar-refractivity contribution in [3.05, 3.63) is 249 Å². The van der Waals surface area contributed by atoms with Crippen LogP contribution in [0.2, 0.25) is 0 Å². The van der Waals surface area contributed by atoms with Crippen LogP contribution < -0.4 is 56.9 Å². The lowest BCUT2D eigenvalue weighted by Gasteiger charge is -2.32. The standard InChI is InChI=1S/C15H15NO2.2C14H15NO.2C12H17NO2.C10H11NO2.C6H11NO2.C6H13NO2.C5H9NO2.C4H9NO2/c16-14(15(17)18)10-11-6-8-13(9-7-11)12-4-2-1-3-5-12;1-10(16)14(15)9-12-7-4-6-11-5-2-3-8-13(11)12;1-10(16)14(15)9-11-6-7-12-4-2-3-5-13(12)8-11;2*1-7-4-10(15)5-8(2)11(7)6-12(13)9(3)14;12-10(13)9-5-7-3-1-2-4-8(7)6-11-9;7-6(5(8)9)3-1-2-4-6;1-3-6(7,4-2)5(8)9;6-5(4(7)8)2-1-3-5;1-4(2,5)3(6)7/h1-9,14H,10,16H2,(H,17,18);2*2-8,14H,9,15H2,1H3;2*4-5,12,15H,6,13H2,1-3H3;1-4,9,11H,5-6H2,(H,12,13);1-4,7H2,(H,8,9);3-4,7H2,1-2H3,(H,8,9);1-3,6H2,(H,7,8);5H2,1-2H3,(H,6,7)/t3*14-;2*12-;9-;;;;/m000000..../s1. The third-order valence-electron chi connectivity index (χ3n) is 21.9. The van der Waals surface area contributed by atoms with Crippen LogP contribution in [0, 0.1) is 27.7 Å². The molecule has 28 heteroatoms. The lowest BCUT2D eigenvalue weighted by molar-refractivity contribution is -0.147. The Morgan fingerprint density at radius 3 is 1.18 bits per heavy atom. The van der Waals surface area contributed by atoms with Crippen LogP contribution in [0.3, 0.4) is 0 Å². The van der Waals surface area contributed by atoms with Crippen molar-refractivity contribution in [3.8, 4) is 22.6 Å². The fraction of sp³-hybridized carbons (Fsp3) is 0.388. The van der Waals surface area contributed by atoms with Crippen LogP contribution in [-0.4, -0.2) is 158 Å². The largest absolute Gasteiger partial charge is 0.508 e. The van der Waals surface area contributed by atoms with Crippen molar-refractivity contribution in [2.24, 2.45) is 51.6 Å². The van der Waals surface area contributed by atoms with E-state index in [9.17, 15) is 58.2 Å². The predicted molar refractivity (Wildman–Crippen MR) is 495 cm³/mol. The molecule has 0 saturated heterocycles. The maximum absolute atomic E-state index is 11.2. The summed E-state index contributed by atoms with van der Waals surface area (Å²) in [6, 6.07) is 58.2. The van der Waals surface area contributed by atoms with Gasteiger partial charge in [0.05, 0.1) is 24.2 Å². The van der Waals surface area contributed by atoms with Crippen LogP contribution in [0.15, 0.2) is 188 Å². The Hall–Kier alpha value is -11.8. The number of rotatable bonds is 23. The number of carboxylic acid groups (broad SMARTS) is 6. The highest BCUT2D eigenvalue weighted by atomic mass is 16.4. The summed E-state index contributed by atoms with van der Waals surface area (Å²) in [4.78, 5) is 107. The summed E-state index contributed by atoms with van der Waals surface area (Å²) in [7, 11) is 0. The highest BCUT2D eigenvalue weighted by Gasteiger charge is 2.40. The summed E-state index contributed by atoms with van der Waals surface area (Å²) in [6.45, 7) is 20.8. The molecule has 0 aromatic heterocycles. The van der Waals surface area contributed by atoms with Gasteiger partial charge in [-0.05, 0) is 271 Å². The lowest BCUT2D eigenvalue weighted by Crippen LogP contribution is -2.53. The maximum atomic E-state index is 11.2. The van der Waals surface area contributed by atoms with Gasteiger partial charge < -0.3 is 97.8 Å². The van der Waals surface area contributed by atoms with E-state index in [0.29, 0.717) is 83.6 Å². The summed E-state index contributed by atoms with van der Waals surface area (Å²) < 4.78 is 0. The molecule has 1 heterocycles. The number of hydrogen-bond acceptors (Lipinski definition) is 22. The Bertz CT molecular complexity index is 4930. The van der Waals surface area contributed by atoms with Crippen molar-refractivity contribution in [2.45, 2.75) is 244 Å². The van der Waals surface area contributed by atoms with Gasteiger partial charge in [0, 0.05) is 6.54 Å². The molecular weight excluding hydrogens is 1610 g/mol. The van der Waals surface area contributed by atoms with Gasteiger partial charge in [0.1, 0.15) is 68.9 Å². The highest BCUT2D eigenvalue weighted by molar-refractivity contribution is 5.89. The SMILES string of the molecule is CC(=O)[C@@H](N)Cc1c(C)cc(O)cc1C.CC(=O)[C@@H](N)Cc1c(C)cc(O)cc1C.CC(=O)[C@@H](N)Cc1ccc2ccccc2c1.CC(=O)[C@@H](N)Cc1cccc2ccccc12.CC(C)(N)C(=O)O.CCC(N)(CC)C(=O)O.NC1(C(=O)O)CCC1.NC1(C(=O)O)CCCC1.N[C@@H](Cc1ccc(-c2ccccc2)cc1)C(=O)O.O=C(O)[C@@H]1Cc2ccccc2CN1. The molecule has 1 aliphatic heterocycles. The van der Waals surface area contributed by atoms with E-state index < -0.39 is 88.2 Å². The van der Waals surface area contributed by atoms with E-state index in [1.165, 1.54) is 68.7 Å². The van der Waals surface area contributed by atoms with Crippen LogP contribution in [0.5, 0.6) is 11.5 Å². The molecule has 9 aromatic rings. The molecule has 0 spiro atoms. The molecule has 28 nitrogen and oxygen atoms in total. The number of Topliss-reactive ketones (excluding diaryl/α,β-unsaturated/α-hetero) is 4. The molecule has 0 radical (unpaired) electrons. The molecule has 126 heavy (non-hydrogen) atoms. The fourth-order valence-electron chi connectivity index (χ4n) is 12.9. The average molecular weight is 1740 g/mol. The number of fused-ring (bicyclic) bond motifs is 3. The van der Waals surface area contributed by atoms with Crippen molar-refractivity contribution < 1.29 is 88.8 Å². The van der Waals surface area contributed by atoms with Gasteiger partial charge >= 0.3 is 35.8 Å². The second-order valence-corrected chi connectivity index (χ2v) is 32.8. The van der Waals surface area contributed by atoms with E-state index in [0.717, 1.165) is 86.0 Å². The second-order valence-electron chi connectivity index (χ2n) is 32.8. The topological polar surface area (TPSA) is 579 Å². The van der Waals surface area contributed by atoms with E-state index in [2.05, 4.69) is 47.8 Å². The lowest BCUT2D eigenvalue weighted by atomic mass is 9.78. The number of hydrogen-bond donors (Lipinski definition) is 18. The number of nitrogens with two attached hydrogens (primary N) is 9. The van der Waals surface area contributed by atoms with Crippen molar-refractivity contribution in [2.75, 3.05) is 0 Å². The van der Waals surface area contributed by atoms with Gasteiger partial charge in [-0.15, -0.1) is 0 Å². The Balaban J connectivity index is 0.000000366. The van der Waals surface area contributed by atoms with Crippen LogP contribution in [0.1, 0.15) is 174 Å². The monoisotopic (exact) mass is 1740 g/mol. The van der Waals surface area contributed by atoms with E-state index >= 15 is 0 Å². The molecule has 0 bridgehead atoms. The molecule has 12 rings (SSSR count). The fourth-order valence-corrected chi connectivity index (χ4v) is 12.9. The van der Waals surface area contributed by atoms with Crippen molar-refractivity contribution in [3.63, 3.8) is 0 Å². The second kappa shape index (κ2) is 52.2. The molecule has 6 atom stereocenters. The molecule has 0 unspecified atom stereocenters. The van der Waals surface area contributed by atoms with Gasteiger partial charge in [0.25, 0.3) is 0 Å². The number of carboxylic acids is 6. The molecule has 3 aliphatic rings. The van der Waals surface area contributed by atoms with Crippen molar-refractivity contribution >= 4 is 80.5 Å². The first-order valence-corrected chi connectivity index (χ1v) is 41.7. The van der Waals surface area contributed by atoms with Gasteiger partial charge in [0.2, 0.25) is 0 Å². The summed E-state index contributed by atoms with van der Waals surface area (Å²) in [5.41, 5.74) is 59.8. The quantitative estimate of drug-likeness (QED) is 0.0283. The van der Waals surface area contributed by atoms with Crippen LogP contribution >= 0.6 is 0 Å². The Morgan fingerprint density at radius 1 is 0.421 bits per heavy atom. The summed E-state index contributed by atoms with van der Waals surface area (Å²) >= 11 is 0. The maximum Gasteiger partial charge on any atom is 0.323 e. The zero-order valence-corrected chi connectivity index (χ0v) is 74.5. The molecule has 9 aromatic carbocycles. The third kappa shape index (κ3) is 36.8. The zero-order valence-electron chi connectivity index (χ0n) is 74.5. The number of benzene rings is 9. The van der Waals surface area contributed by atoms with E-state index in [-0.39, 0.29) is 40.7 Å². The Labute approximate surface area is 738 Å². The molecule has 27 N–H and O–H groups in total. The summed E-state index contributed by atoms with van der Waals surface area (Å²) in [5.74, 6) is -4.78. The van der Waals surface area contributed by atoms with Crippen molar-refractivity contribution in [1.82, 2.24) is 5.32 Å². The molecule has 2 saturated carbocycles. The number of aryl methyl sites for hydroxylation is 4. The van der Waals surface area contributed by atoms with Crippen LogP contribution in [0.25, 0.3) is 32.7 Å². The molecule has 0 amide bonds. The highest BCUT2D eigenvalue weighted by Crippen LogP contribution is 2.30. The van der Waals surface area contributed by atoms with E-state index in [1.54, 1.807) is 38.1 Å². The number of phenols is 2. The minimum atomic E-state index is -1.08. The first-order chi connectivity index (χ1) is 58.9. The Morgan fingerprint density at radius 2 is 0.794 bits per heavy atom. The van der Waals surface area contributed by atoms with E-state index in [4.69, 9.17) is 82.2 Å². The van der Waals surface area contributed by atoms with Gasteiger partial charge in [-0.2, -0.15) is 0 Å². The Kier molecular flexibility index (Phi) is 44.9. The predicted octanol–water partition coefficient (Wildman–Crippen LogP) is 11.3. The third-order valence-corrected chi connectivity index (χ3v) is 21.9. The van der Waals surface area contributed by atoms with Crippen molar-refractivity contribution in [1.29, 1.82) is 0 Å². The number of phenolic OH excluding ortho intramolecular Hbond substituents is 2. The average Bonchev–Trinajstić information content (AvgIpc) is 1.21. The van der Waals surface area contributed by atoms with Gasteiger partial charge in [-0.1, -0.05) is 190 Å². The molecule has 2 fully saturated rings. The van der Waals surface area contributed by atoms with E-state index in [1.807, 2.05) is 149 Å². The first kappa shape index (κ1) is 108. The number of nitrogens with one attached hydrogen (secondary N) is 1. The molecular formula is C98H132N10O18. The summed E-state index contributed by atoms with van der Waals surface area (Å²) in [6.07, 6.45) is 9.65. The minimum Gasteiger partial charge on any atom is -0.508 e. The normalized spacial score (nSPS) is 14.8. The molecule has 682 valence electrons. The summed E-state index contributed by atoms with van der Waals surface area (Å²) in [5, 5.41) is 77.6. The van der Waals surface area contributed by atoms with Gasteiger partial charge in [-0.25, -0.2) is 0 Å². The number of ketones is 4. The van der Waals surface area contributed by atoms with Gasteiger partial charge in [0.15, 0.2) is 0 Å². The zero-order chi connectivity index (χ0) is 95.1. The molecule has 2 aliphatic carbocycles. The van der Waals surface area contributed by atoms with Gasteiger partial charge in [-0.3, -0.25) is 47.9 Å². The number of carbonyl (C=O) groups is 10. The smallest absolute Gasteiger partial charge is 0.323 e. The number of aliphatic carboxylic acids is 6. The number of carbonyl (C=O) groups excluding carboxylic acids is 4. The minimum absolute atomic E-state index is 0.0122. The van der Waals surface area contributed by atoms with Crippen LogP contribution in [-0.2, 0) is 93.0 Å². The first-order valence-electron chi connectivity index (χ1n) is 41.7. The number of aromatic hydroxyl groups is 2. The van der Waals surface area contributed by atoms with Crippen LogP contribution in [0.4, 0.5) is 0 Å².